The first-order chi connectivity index (χ1) is 20.8. The van der Waals surface area contributed by atoms with E-state index >= 15 is 0 Å². The highest BCUT2D eigenvalue weighted by Gasteiger charge is 2.42. The van der Waals surface area contributed by atoms with Gasteiger partial charge in [0.05, 0.1) is 41.5 Å². The first-order valence-corrected chi connectivity index (χ1v) is 13.9. The molecule has 0 aromatic heterocycles. The van der Waals surface area contributed by atoms with E-state index in [0.717, 1.165) is 11.3 Å². The van der Waals surface area contributed by atoms with Crippen molar-refractivity contribution < 1.29 is 33.3 Å². The van der Waals surface area contributed by atoms with Crippen molar-refractivity contribution in [2.45, 2.75) is 31.6 Å². The van der Waals surface area contributed by atoms with Gasteiger partial charge in [-0.2, -0.15) is 0 Å². The van der Waals surface area contributed by atoms with Gasteiger partial charge >= 0.3 is 0 Å². The normalized spacial score (nSPS) is 18.0. The van der Waals surface area contributed by atoms with Crippen molar-refractivity contribution in [1.29, 1.82) is 0 Å². The summed E-state index contributed by atoms with van der Waals surface area (Å²) in [5.74, 6) is 1.91. The van der Waals surface area contributed by atoms with Gasteiger partial charge in [-0.3, -0.25) is 9.59 Å². The summed E-state index contributed by atoms with van der Waals surface area (Å²) < 4.78 is 27.5. The zero-order valence-corrected chi connectivity index (χ0v) is 25.2. The van der Waals surface area contributed by atoms with E-state index in [4.69, 9.17) is 23.7 Å². The number of hydrogen-bond acceptors (Lipinski definition) is 8. The first-order valence-electron chi connectivity index (χ1n) is 13.9. The Hall–Kier alpha value is -4.92. The lowest BCUT2D eigenvalue weighted by Gasteiger charge is -2.37. The van der Waals surface area contributed by atoms with Gasteiger partial charge in [-0.15, -0.1) is 0 Å². The molecule has 5 rings (SSSR count). The number of ether oxygens (including phenoxy) is 5. The molecule has 9 heteroatoms. The van der Waals surface area contributed by atoms with Gasteiger partial charge in [0, 0.05) is 40.2 Å². The highest BCUT2D eigenvalue weighted by atomic mass is 16.5. The SMILES string of the molecule is COc1ccc(NC(=O)C2=C(C)NC3=C(C(=O)C[C@H](c4ccc(OC)c(OC)c4)C3)[C@@H]2c2cc(OC)ccc2OC)cc1. The predicted octanol–water partition coefficient (Wildman–Crippen LogP) is 5.73. The van der Waals surface area contributed by atoms with E-state index in [0.29, 0.717) is 63.3 Å². The van der Waals surface area contributed by atoms with E-state index < -0.39 is 5.92 Å². The highest BCUT2D eigenvalue weighted by Crippen LogP contribution is 2.49. The summed E-state index contributed by atoms with van der Waals surface area (Å²) in [7, 11) is 7.93. The van der Waals surface area contributed by atoms with Crippen molar-refractivity contribution in [2.24, 2.45) is 0 Å². The van der Waals surface area contributed by atoms with Crippen molar-refractivity contribution in [3.63, 3.8) is 0 Å². The molecule has 3 aromatic rings. The lowest BCUT2D eigenvalue weighted by atomic mass is 9.71. The molecule has 0 radical (unpaired) electrons. The van der Waals surface area contributed by atoms with Crippen LogP contribution in [-0.2, 0) is 9.59 Å². The molecule has 1 aliphatic heterocycles. The molecule has 0 saturated carbocycles. The number of carbonyl (C=O) groups excluding carboxylic acids is 2. The third kappa shape index (κ3) is 5.75. The molecular weight excluding hydrogens is 548 g/mol. The lowest BCUT2D eigenvalue weighted by molar-refractivity contribution is -0.116. The number of dihydropyridines is 1. The van der Waals surface area contributed by atoms with Crippen LogP contribution >= 0.6 is 0 Å². The van der Waals surface area contributed by atoms with Gasteiger partial charge in [-0.05, 0) is 79.4 Å². The Balaban J connectivity index is 1.59. The molecule has 1 amide bonds. The first kappa shape index (κ1) is 29.6. The third-order valence-corrected chi connectivity index (χ3v) is 8.05. The average molecular weight is 585 g/mol. The largest absolute Gasteiger partial charge is 0.497 e. The monoisotopic (exact) mass is 584 g/mol. The highest BCUT2D eigenvalue weighted by molar-refractivity contribution is 6.10. The minimum absolute atomic E-state index is 0.0503. The lowest BCUT2D eigenvalue weighted by Crippen LogP contribution is -2.37. The number of rotatable bonds is 9. The van der Waals surface area contributed by atoms with E-state index in [9.17, 15) is 9.59 Å². The quantitative estimate of drug-likeness (QED) is 0.329. The number of carbonyl (C=O) groups is 2. The Morgan fingerprint density at radius 2 is 1.42 bits per heavy atom. The van der Waals surface area contributed by atoms with Gasteiger partial charge < -0.3 is 34.3 Å². The van der Waals surface area contributed by atoms with Gasteiger partial charge in [-0.25, -0.2) is 0 Å². The fraction of sp³-hybridized carbons (Fsp3) is 0.294. The Kier molecular flexibility index (Phi) is 8.61. The topological polar surface area (TPSA) is 104 Å². The zero-order valence-electron chi connectivity index (χ0n) is 25.2. The van der Waals surface area contributed by atoms with Gasteiger partial charge in [0.25, 0.3) is 5.91 Å². The second kappa shape index (κ2) is 12.5. The molecule has 224 valence electrons. The summed E-state index contributed by atoms with van der Waals surface area (Å²) in [4.78, 5) is 28.1. The molecule has 2 aliphatic rings. The Morgan fingerprint density at radius 1 is 0.767 bits per heavy atom. The average Bonchev–Trinajstić information content (AvgIpc) is 3.03. The molecule has 1 aliphatic carbocycles. The zero-order chi connectivity index (χ0) is 30.7. The van der Waals surface area contributed by atoms with E-state index in [-0.39, 0.29) is 24.0 Å². The molecule has 0 unspecified atom stereocenters. The number of hydrogen-bond donors (Lipinski definition) is 2. The minimum Gasteiger partial charge on any atom is -0.497 e. The maximum Gasteiger partial charge on any atom is 0.254 e. The fourth-order valence-corrected chi connectivity index (χ4v) is 5.93. The van der Waals surface area contributed by atoms with E-state index in [1.807, 2.05) is 31.2 Å². The number of allylic oxidation sites excluding steroid dienone is 3. The van der Waals surface area contributed by atoms with Crippen molar-refractivity contribution in [3.8, 4) is 28.7 Å². The molecule has 1 heterocycles. The van der Waals surface area contributed by atoms with Crippen LogP contribution in [0.5, 0.6) is 28.7 Å². The third-order valence-electron chi connectivity index (χ3n) is 8.05. The summed E-state index contributed by atoms with van der Waals surface area (Å²) in [6.45, 7) is 1.86. The van der Waals surface area contributed by atoms with Crippen LogP contribution in [0.3, 0.4) is 0 Å². The standard InChI is InChI=1S/C34H36N2O7/c1-19-31(34(38)36-22-8-10-23(39-2)11-9-22)32(25-18-24(40-3)12-14-28(25)41-4)33-26(35-19)15-21(16-27(33)37)20-7-13-29(42-5)30(17-20)43-6/h7-14,17-18,21,32,35H,15-16H2,1-6H3,(H,36,38)/t21-,32-/m1/s1. The number of amides is 1. The van der Waals surface area contributed by atoms with E-state index in [1.165, 1.54) is 0 Å². The number of methoxy groups -OCH3 is 5. The molecule has 9 nitrogen and oxygen atoms in total. The number of nitrogens with one attached hydrogen (secondary N) is 2. The Morgan fingerprint density at radius 3 is 2.07 bits per heavy atom. The second-order valence-electron chi connectivity index (χ2n) is 10.4. The summed E-state index contributed by atoms with van der Waals surface area (Å²) in [5.41, 5.74) is 4.66. The summed E-state index contributed by atoms with van der Waals surface area (Å²) in [6, 6.07) is 18.3. The van der Waals surface area contributed by atoms with E-state index in [2.05, 4.69) is 10.6 Å². The molecule has 0 saturated heterocycles. The maximum absolute atomic E-state index is 14.1. The number of benzene rings is 3. The molecule has 0 fully saturated rings. The van der Waals surface area contributed by atoms with Crippen LogP contribution in [-0.4, -0.2) is 47.2 Å². The summed E-state index contributed by atoms with van der Waals surface area (Å²) >= 11 is 0. The number of anilines is 1. The minimum atomic E-state index is -0.682. The summed E-state index contributed by atoms with van der Waals surface area (Å²) in [6.07, 6.45) is 0.843. The van der Waals surface area contributed by atoms with Crippen LogP contribution < -0.4 is 34.3 Å². The predicted molar refractivity (Wildman–Crippen MR) is 163 cm³/mol. The molecule has 0 spiro atoms. The summed E-state index contributed by atoms with van der Waals surface area (Å²) in [5, 5.41) is 6.43. The van der Waals surface area contributed by atoms with Crippen molar-refractivity contribution in [2.75, 3.05) is 40.9 Å². The Bertz CT molecular complexity index is 1610. The molecule has 2 atom stereocenters. The fourth-order valence-electron chi connectivity index (χ4n) is 5.93. The molecule has 43 heavy (non-hydrogen) atoms. The van der Waals surface area contributed by atoms with Gasteiger partial charge in [0.1, 0.15) is 17.2 Å². The molecular formula is C34H36N2O7. The number of Topliss-reactive ketones (excluding diaryl/α,β-unsaturated/α-hetero) is 1. The van der Waals surface area contributed by atoms with Crippen LogP contribution in [0.15, 0.2) is 83.2 Å². The maximum atomic E-state index is 14.1. The van der Waals surface area contributed by atoms with Crippen LogP contribution in [0.1, 0.15) is 42.7 Å². The Labute approximate surface area is 251 Å². The molecule has 3 aromatic carbocycles. The van der Waals surface area contributed by atoms with Crippen molar-refractivity contribution in [1.82, 2.24) is 5.32 Å². The van der Waals surface area contributed by atoms with Gasteiger partial charge in [0.2, 0.25) is 0 Å². The van der Waals surface area contributed by atoms with Crippen LogP contribution in [0, 0.1) is 0 Å². The molecule has 2 N–H and O–H groups in total. The number of ketones is 1. The van der Waals surface area contributed by atoms with Crippen LogP contribution in [0.25, 0.3) is 0 Å². The second-order valence-corrected chi connectivity index (χ2v) is 10.4. The van der Waals surface area contributed by atoms with Crippen molar-refractivity contribution in [3.05, 3.63) is 94.3 Å². The van der Waals surface area contributed by atoms with Gasteiger partial charge in [0.15, 0.2) is 17.3 Å². The van der Waals surface area contributed by atoms with Crippen molar-refractivity contribution >= 4 is 17.4 Å². The van der Waals surface area contributed by atoms with Crippen LogP contribution in [0.4, 0.5) is 5.69 Å². The van der Waals surface area contributed by atoms with Crippen LogP contribution in [0.2, 0.25) is 0 Å². The molecule has 0 bridgehead atoms. The van der Waals surface area contributed by atoms with Gasteiger partial charge in [-0.1, -0.05) is 6.07 Å². The smallest absolute Gasteiger partial charge is 0.254 e. The van der Waals surface area contributed by atoms with E-state index in [1.54, 1.807) is 71.9 Å².